The number of epoxide rings is 1. The topological polar surface area (TPSA) is 60.5 Å². The van der Waals surface area contributed by atoms with Gasteiger partial charge in [0.2, 0.25) is 0 Å². The van der Waals surface area contributed by atoms with Crippen LogP contribution in [0.5, 0.6) is 0 Å². The van der Waals surface area contributed by atoms with Crippen LogP contribution in [0.2, 0.25) is 0 Å². The van der Waals surface area contributed by atoms with Gasteiger partial charge in [-0.25, -0.2) is 0 Å². The van der Waals surface area contributed by atoms with E-state index in [-0.39, 0.29) is 24.4 Å². The zero-order valence-electron chi connectivity index (χ0n) is 7.80. The smallest absolute Gasteiger partial charge is 0.115 e. The number of rotatable bonds is 3. The van der Waals surface area contributed by atoms with E-state index in [4.69, 9.17) is 18.9 Å². The SMILES string of the molecule is O[C@H]1CO[C@H]2[C@H]1OC[C@H]2OC[C@@H]1CO1. The Morgan fingerprint density at radius 1 is 1.07 bits per heavy atom. The maximum atomic E-state index is 9.48. The van der Waals surface area contributed by atoms with Crippen molar-refractivity contribution < 1.29 is 24.1 Å². The molecular formula is C9H14O5. The van der Waals surface area contributed by atoms with Crippen molar-refractivity contribution in [1.82, 2.24) is 0 Å². The Morgan fingerprint density at radius 3 is 2.64 bits per heavy atom. The van der Waals surface area contributed by atoms with Crippen LogP contribution >= 0.6 is 0 Å². The summed E-state index contributed by atoms with van der Waals surface area (Å²) in [5.74, 6) is 0. The summed E-state index contributed by atoms with van der Waals surface area (Å²) >= 11 is 0. The minimum atomic E-state index is -0.495. The quantitative estimate of drug-likeness (QED) is 0.590. The average molecular weight is 202 g/mol. The van der Waals surface area contributed by atoms with Crippen LogP contribution in [-0.2, 0) is 18.9 Å². The maximum Gasteiger partial charge on any atom is 0.115 e. The van der Waals surface area contributed by atoms with E-state index in [0.717, 1.165) is 6.61 Å². The van der Waals surface area contributed by atoms with Crippen molar-refractivity contribution in [3.63, 3.8) is 0 Å². The molecule has 5 atom stereocenters. The van der Waals surface area contributed by atoms with E-state index in [1.54, 1.807) is 0 Å². The highest BCUT2D eigenvalue weighted by molar-refractivity contribution is 4.95. The van der Waals surface area contributed by atoms with Gasteiger partial charge >= 0.3 is 0 Å². The van der Waals surface area contributed by atoms with Gasteiger partial charge in [0.1, 0.15) is 30.5 Å². The predicted molar refractivity (Wildman–Crippen MR) is 45.0 cm³/mol. The first kappa shape index (κ1) is 9.06. The fraction of sp³-hybridized carbons (Fsp3) is 1.00. The number of aliphatic hydroxyl groups is 1. The highest BCUT2D eigenvalue weighted by Crippen LogP contribution is 2.29. The van der Waals surface area contributed by atoms with Crippen molar-refractivity contribution in [1.29, 1.82) is 0 Å². The zero-order chi connectivity index (χ0) is 9.54. The molecule has 3 rings (SSSR count). The molecule has 0 aromatic heterocycles. The minimum Gasteiger partial charge on any atom is -0.388 e. The van der Waals surface area contributed by atoms with Gasteiger partial charge in [0.25, 0.3) is 0 Å². The van der Waals surface area contributed by atoms with Crippen molar-refractivity contribution in [3.05, 3.63) is 0 Å². The molecule has 0 saturated carbocycles. The van der Waals surface area contributed by atoms with Crippen molar-refractivity contribution in [2.75, 3.05) is 26.4 Å². The van der Waals surface area contributed by atoms with Gasteiger partial charge in [0, 0.05) is 0 Å². The van der Waals surface area contributed by atoms with Crippen LogP contribution in [0, 0.1) is 0 Å². The highest BCUT2D eigenvalue weighted by Gasteiger charge is 2.48. The summed E-state index contributed by atoms with van der Waals surface area (Å²) in [6.45, 7) is 2.27. The summed E-state index contributed by atoms with van der Waals surface area (Å²) in [5, 5.41) is 9.48. The fourth-order valence-electron chi connectivity index (χ4n) is 1.98. The van der Waals surface area contributed by atoms with Crippen molar-refractivity contribution in [2.45, 2.75) is 30.5 Å². The number of hydrogen-bond donors (Lipinski definition) is 1. The van der Waals surface area contributed by atoms with Crippen LogP contribution in [0.1, 0.15) is 0 Å². The first-order chi connectivity index (χ1) is 6.84. The number of fused-ring (bicyclic) bond motifs is 1. The van der Waals surface area contributed by atoms with Crippen LogP contribution in [-0.4, -0.2) is 62.1 Å². The van der Waals surface area contributed by atoms with Gasteiger partial charge in [-0.05, 0) is 0 Å². The molecule has 0 spiro atoms. The fourth-order valence-corrected chi connectivity index (χ4v) is 1.98. The lowest BCUT2D eigenvalue weighted by atomic mass is 10.1. The Labute approximate surface area is 81.9 Å². The molecule has 0 radical (unpaired) electrons. The number of aliphatic hydroxyl groups excluding tert-OH is 1. The molecule has 3 heterocycles. The third-order valence-electron chi connectivity index (χ3n) is 2.88. The Balaban J connectivity index is 1.54. The lowest BCUT2D eigenvalue weighted by molar-refractivity contribution is -0.0406. The minimum absolute atomic E-state index is 0.0404. The molecule has 0 aliphatic carbocycles. The van der Waals surface area contributed by atoms with E-state index in [1.165, 1.54) is 0 Å². The first-order valence-corrected chi connectivity index (χ1v) is 4.99. The van der Waals surface area contributed by atoms with Gasteiger partial charge in [0.05, 0.1) is 26.4 Å². The second-order valence-electron chi connectivity index (χ2n) is 3.99. The summed E-state index contributed by atoms with van der Waals surface area (Å²) < 4.78 is 21.5. The van der Waals surface area contributed by atoms with Gasteiger partial charge in [-0.3, -0.25) is 0 Å². The lowest BCUT2D eigenvalue weighted by Gasteiger charge is -2.15. The normalized spacial score (nSPS) is 50.8. The van der Waals surface area contributed by atoms with Gasteiger partial charge in [0.15, 0.2) is 0 Å². The molecule has 14 heavy (non-hydrogen) atoms. The van der Waals surface area contributed by atoms with Crippen LogP contribution in [0.25, 0.3) is 0 Å². The molecule has 3 aliphatic heterocycles. The molecule has 3 fully saturated rings. The molecule has 5 nitrogen and oxygen atoms in total. The Bertz CT molecular complexity index is 217. The van der Waals surface area contributed by atoms with Crippen molar-refractivity contribution >= 4 is 0 Å². The Morgan fingerprint density at radius 2 is 1.86 bits per heavy atom. The summed E-state index contributed by atoms with van der Waals surface area (Å²) in [7, 11) is 0. The summed E-state index contributed by atoms with van der Waals surface area (Å²) in [4.78, 5) is 0. The third kappa shape index (κ3) is 1.55. The maximum absolute atomic E-state index is 9.48. The van der Waals surface area contributed by atoms with E-state index >= 15 is 0 Å². The number of ether oxygens (including phenoxy) is 4. The van der Waals surface area contributed by atoms with E-state index in [2.05, 4.69) is 0 Å². The Kier molecular flexibility index (Phi) is 2.22. The molecule has 0 amide bonds. The lowest BCUT2D eigenvalue weighted by Crippen LogP contribution is -2.33. The first-order valence-electron chi connectivity index (χ1n) is 4.99. The van der Waals surface area contributed by atoms with Crippen LogP contribution in [0.4, 0.5) is 0 Å². The molecule has 0 bridgehead atoms. The van der Waals surface area contributed by atoms with Crippen LogP contribution in [0.15, 0.2) is 0 Å². The van der Waals surface area contributed by atoms with E-state index in [0.29, 0.717) is 19.8 Å². The molecule has 5 heteroatoms. The molecular weight excluding hydrogens is 188 g/mol. The Hall–Kier alpha value is -0.200. The second kappa shape index (κ2) is 3.43. The van der Waals surface area contributed by atoms with Gasteiger partial charge < -0.3 is 24.1 Å². The molecule has 3 aliphatic rings. The zero-order valence-corrected chi connectivity index (χ0v) is 7.80. The van der Waals surface area contributed by atoms with Crippen LogP contribution < -0.4 is 0 Å². The summed E-state index contributed by atoms with van der Waals surface area (Å²) in [6.07, 6.45) is -0.559. The van der Waals surface area contributed by atoms with Gasteiger partial charge in [-0.15, -0.1) is 0 Å². The van der Waals surface area contributed by atoms with E-state index in [9.17, 15) is 5.11 Å². The van der Waals surface area contributed by atoms with Gasteiger partial charge in [-0.2, -0.15) is 0 Å². The summed E-state index contributed by atoms with van der Waals surface area (Å²) in [6, 6.07) is 0. The molecule has 3 saturated heterocycles. The molecule has 0 aromatic carbocycles. The van der Waals surface area contributed by atoms with Crippen molar-refractivity contribution in [3.8, 4) is 0 Å². The largest absolute Gasteiger partial charge is 0.388 e. The predicted octanol–water partition coefficient (Wildman–Crippen LogP) is -1.07. The molecule has 1 N–H and O–H groups in total. The van der Waals surface area contributed by atoms with E-state index < -0.39 is 6.10 Å². The number of hydrogen-bond acceptors (Lipinski definition) is 5. The monoisotopic (exact) mass is 202 g/mol. The van der Waals surface area contributed by atoms with Crippen molar-refractivity contribution in [2.24, 2.45) is 0 Å². The standard InChI is InChI=1S/C9H14O5/c10-6-3-13-9-7(4-14-8(6)9)12-2-5-1-11-5/h5-10H,1-4H2/t5-,6-,7+,8-,9+/m0/s1. The second-order valence-corrected chi connectivity index (χ2v) is 3.99. The average Bonchev–Trinajstić information content (AvgIpc) is 2.81. The van der Waals surface area contributed by atoms with Gasteiger partial charge in [-0.1, -0.05) is 0 Å². The third-order valence-corrected chi connectivity index (χ3v) is 2.88. The summed E-state index contributed by atoms with van der Waals surface area (Å²) in [5.41, 5.74) is 0. The molecule has 80 valence electrons. The molecule has 0 aromatic rings. The van der Waals surface area contributed by atoms with Crippen LogP contribution in [0.3, 0.4) is 0 Å². The van der Waals surface area contributed by atoms with E-state index in [1.807, 2.05) is 0 Å². The highest BCUT2D eigenvalue weighted by atomic mass is 16.6. The molecule has 0 unspecified atom stereocenters.